The second-order valence-corrected chi connectivity index (χ2v) is 8.64. The van der Waals surface area contributed by atoms with Crippen LogP contribution in [0.25, 0.3) is 0 Å². The van der Waals surface area contributed by atoms with Crippen LogP contribution in [-0.4, -0.2) is 44.6 Å². The highest BCUT2D eigenvalue weighted by atomic mass is 16.5. The third-order valence-electron chi connectivity index (χ3n) is 5.15. The molecule has 0 amide bonds. The highest BCUT2D eigenvalue weighted by Gasteiger charge is 2.16. The van der Waals surface area contributed by atoms with Crippen molar-refractivity contribution in [2.45, 2.75) is 67.2 Å². The first-order valence-electron chi connectivity index (χ1n) is 12.9. The Morgan fingerprint density at radius 1 is 1.13 bits per heavy atom. The number of hydrogen-bond donors (Lipinski definition) is 2. The molecule has 1 rings (SSSR count). The van der Waals surface area contributed by atoms with Gasteiger partial charge in [0.15, 0.2) is 5.78 Å². The zero-order chi connectivity index (χ0) is 29.3. The first-order valence-corrected chi connectivity index (χ1v) is 12.9. The molecule has 0 saturated carbocycles. The molecule has 0 bridgehead atoms. The second-order valence-electron chi connectivity index (χ2n) is 8.64. The van der Waals surface area contributed by atoms with Crippen LogP contribution >= 0.6 is 0 Å². The van der Waals surface area contributed by atoms with Crippen molar-refractivity contribution >= 4 is 18.7 Å². The van der Waals surface area contributed by atoms with E-state index in [0.717, 1.165) is 38.0 Å². The number of aryl methyl sites for hydroxylation is 1. The van der Waals surface area contributed by atoms with Crippen molar-refractivity contribution in [3.8, 4) is 5.75 Å². The van der Waals surface area contributed by atoms with Crippen LogP contribution in [0.15, 0.2) is 59.7 Å². The van der Waals surface area contributed by atoms with Crippen LogP contribution in [0.1, 0.15) is 66.4 Å². The average Bonchev–Trinajstić information content (AvgIpc) is 2.93. The largest absolute Gasteiger partial charge is 0.507 e. The van der Waals surface area contributed by atoms with Crippen LogP contribution in [0.4, 0.5) is 0 Å². The van der Waals surface area contributed by atoms with Gasteiger partial charge in [0.25, 0.3) is 12.9 Å². The SMILES string of the molecule is CCCOc1cccc(CC)c1.CN/C=C/CCC(C)/C(=C/C(O)=C(\C)C(=O)C(C)C)OC=O.COC=O. The van der Waals surface area contributed by atoms with Gasteiger partial charge in [-0.25, -0.2) is 0 Å². The fourth-order valence-corrected chi connectivity index (χ4v) is 2.92. The zero-order valence-corrected chi connectivity index (χ0v) is 24.3. The van der Waals surface area contributed by atoms with Crippen molar-refractivity contribution in [1.82, 2.24) is 5.32 Å². The number of Topliss-reactive ketones (excluding diaryl/α,β-unsaturated/α-hetero) is 1. The number of aliphatic hydroxyl groups excluding tert-OH is 1. The second kappa shape index (κ2) is 23.8. The zero-order valence-electron chi connectivity index (χ0n) is 24.3. The third-order valence-corrected chi connectivity index (χ3v) is 5.15. The molecule has 0 aromatic heterocycles. The standard InChI is InChI=1S/C17H27NO4.C11H16O.C2H4O2/c1-12(2)17(21)14(4)15(20)10-16(22-11-19)13(3)8-6-7-9-18-5;1-3-8-12-11-7-5-6-10(4-2)9-11;1-4-2-3/h7,9-13,18,20H,6,8H2,1-5H3;5-7,9H,3-4,8H2,1-2H3;2H,1H3/b9-7+,15-14-,16-10-;;. The summed E-state index contributed by atoms with van der Waals surface area (Å²) in [5.74, 6) is 0.792. The van der Waals surface area contributed by atoms with E-state index in [1.165, 1.54) is 18.7 Å². The molecular formula is C30H47NO7. The number of ether oxygens (including phenoxy) is 3. The van der Waals surface area contributed by atoms with E-state index < -0.39 is 0 Å². The molecule has 8 heteroatoms. The minimum absolute atomic E-state index is 0.0594. The van der Waals surface area contributed by atoms with Crippen LogP contribution in [0.5, 0.6) is 5.75 Å². The van der Waals surface area contributed by atoms with Gasteiger partial charge >= 0.3 is 0 Å². The molecule has 0 fully saturated rings. The number of allylic oxidation sites excluding steroid dienone is 4. The number of methoxy groups -OCH3 is 1. The highest BCUT2D eigenvalue weighted by Crippen LogP contribution is 2.21. The van der Waals surface area contributed by atoms with Gasteiger partial charge in [-0.05, 0) is 56.5 Å². The number of carbonyl (C=O) groups excluding carboxylic acids is 3. The molecule has 1 aromatic rings. The molecule has 0 heterocycles. The molecule has 2 N–H and O–H groups in total. The van der Waals surface area contributed by atoms with Crippen LogP contribution in [0.2, 0.25) is 0 Å². The molecule has 214 valence electrons. The molecule has 0 aliphatic rings. The van der Waals surface area contributed by atoms with Crippen molar-refractivity contribution in [2.75, 3.05) is 20.8 Å². The monoisotopic (exact) mass is 533 g/mol. The summed E-state index contributed by atoms with van der Waals surface area (Å²) in [6, 6.07) is 8.28. The van der Waals surface area contributed by atoms with E-state index >= 15 is 0 Å². The number of nitrogens with one attached hydrogen (secondary N) is 1. The molecule has 0 aliphatic carbocycles. The van der Waals surface area contributed by atoms with E-state index in [4.69, 9.17) is 14.3 Å². The maximum absolute atomic E-state index is 11.9. The van der Waals surface area contributed by atoms with E-state index in [2.05, 4.69) is 36.0 Å². The van der Waals surface area contributed by atoms with E-state index in [1.807, 2.05) is 38.4 Å². The molecular weight excluding hydrogens is 486 g/mol. The van der Waals surface area contributed by atoms with Crippen molar-refractivity contribution in [2.24, 2.45) is 11.8 Å². The highest BCUT2D eigenvalue weighted by molar-refractivity contribution is 5.96. The Bertz CT molecular complexity index is 888. The van der Waals surface area contributed by atoms with Gasteiger partial charge < -0.3 is 24.6 Å². The summed E-state index contributed by atoms with van der Waals surface area (Å²) in [5, 5.41) is 13.0. The van der Waals surface area contributed by atoms with E-state index in [-0.39, 0.29) is 29.0 Å². The number of carbonyl (C=O) groups is 3. The van der Waals surface area contributed by atoms with E-state index in [1.54, 1.807) is 20.8 Å². The van der Waals surface area contributed by atoms with Gasteiger partial charge in [0.2, 0.25) is 0 Å². The van der Waals surface area contributed by atoms with Crippen molar-refractivity contribution in [3.63, 3.8) is 0 Å². The Labute approximate surface area is 228 Å². The normalized spacial score (nSPS) is 12.2. The summed E-state index contributed by atoms with van der Waals surface area (Å²) in [6.45, 7) is 12.8. The topological polar surface area (TPSA) is 111 Å². The van der Waals surface area contributed by atoms with Crippen LogP contribution in [0, 0.1) is 11.8 Å². The molecule has 38 heavy (non-hydrogen) atoms. The van der Waals surface area contributed by atoms with Gasteiger partial charge in [0, 0.05) is 30.5 Å². The van der Waals surface area contributed by atoms with Crippen molar-refractivity contribution < 1.29 is 33.7 Å². The smallest absolute Gasteiger partial charge is 0.298 e. The molecule has 0 spiro atoms. The van der Waals surface area contributed by atoms with Gasteiger partial charge in [0.05, 0.1) is 13.7 Å². The minimum atomic E-state index is -0.199. The Balaban J connectivity index is 0. The summed E-state index contributed by atoms with van der Waals surface area (Å²) in [7, 11) is 3.13. The lowest BCUT2D eigenvalue weighted by atomic mass is 9.99. The van der Waals surface area contributed by atoms with E-state index in [9.17, 15) is 14.7 Å². The van der Waals surface area contributed by atoms with Gasteiger partial charge in [-0.1, -0.05) is 52.8 Å². The minimum Gasteiger partial charge on any atom is -0.507 e. The Morgan fingerprint density at radius 2 is 1.79 bits per heavy atom. The number of aliphatic hydroxyl groups is 1. The predicted octanol–water partition coefficient (Wildman–Crippen LogP) is 6.08. The number of rotatable bonds is 15. The lowest BCUT2D eigenvalue weighted by Crippen LogP contribution is -2.11. The molecule has 8 nitrogen and oxygen atoms in total. The molecule has 0 radical (unpaired) electrons. The molecule has 1 unspecified atom stereocenters. The Hall–Kier alpha value is -3.55. The summed E-state index contributed by atoms with van der Waals surface area (Å²) < 4.78 is 14.3. The number of ketones is 1. The first kappa shape index (κ1) is 36.6. The average molecular weight is 534 g/mol. The predicted molar refractivity (Wildman–Crippen MR) is 152 cm³/mol. The summed E-state index contributed by atoms with van der Waals surface area (Å²) >= 11 is 0. The fourth-order valence-electron chi connectivity index (χ4n) is 2.92. The third kappa shape index (κ3) is 17.8. The van der Waals surface area contributed by atoms with Crippen LogP contribution in [0.3, 0.4) is 0 Å². The van der Waals surface area contributed by atoms with E-state index in [0.29, 0.717) is 18.7 Å². The van der Waals surface area contributed by atoms with Gasteiger partial charge in [-0.3, -0.25) is 14.4 Å². The summed E-state index contributed by atoms with van der Waals surface area (Å²) in [5.41, 5.74) is 1.60. The van der Waals surface area contributed by atoms with Gasteiger partial charge in [-0.2, -0.15) is 0 Å². The lowest BCUT2D eigenvalue weighted by Gasteiger charge is -2.13. The van der Waals surface area contributed by atoms with Crippen LogP contribution < -0.4 is 10.1 Å². The van der Waals surface area contributed by atoms with Crippen molar-refractivity contribution in [1.29, 1.82) is 0 Å². The number of benzene rings is 1. The molecule has 0 saturated heterocycles. The first-order chi connectivity index (χ1) is 18.1. The van der Waals surface area contributed by atoms with Crippen LogP contribution in [-0.2, 0) is 30.3 Å². The molecule has 0 aliphatic heterocycles. The maximum Gasteiger partial charge on any atom is 0.298 e. The quantitative estimate of drug-likeness (QED) is 0.121. The Morgan fingerprint density at radius 3 is 2.29 bits per heavy atom. The summed E-state index contributed by atoms with van der Waals surface area (Å²) in [6.07, 6.45) is 8.85. The summed E-state index contributed by atoms with van der Waals surface area (Å²) in [4.78, 5) is 31.5. The lowest BCUT2D eigenvalue weighted by molar-refractivity contribution is -0.126. The molecule has 1 atom stereocenters. The van der Waals surface area contributed by atoms with Crippen molar-refractivity contribution in [3.05, 3.63) is 65.3 Å². The maximum atomic E-state index is 11.9. The van der Waals surface area contributed by atoms with Gasteiger partial charge in [-0.15, -0.1) is 0 Å². The molecule has 1 aromatic carbocycles. The fraction of sp³-hybridized carbons (Fsp3) is 0.500. The Kier molecular flexibility index (Phi) is 23.0. The number of hydrogen-bond acceptors (Lipinski definition) is 8. The van der Waals surface area contributed by atoms with Gasteiger partial charge in [0.1, 0.15) is 17.3 Å².